The van der Waals surface area contributed by atoms with Crippen molar-refractivity contribution in [1.82, 2.24) is 0 Å². The predicted molar refractivity (Wildman–Crippen MR) is 92.6 cm³/mol. The van der Waals surface area contributed by atoms with Crippen LogP contribution in [0.4, 0.5) is 0 Å². The van der Waals surface area contributed by atoms with Crippen LogP contribution in [0.1, 0.15) is 20.7 Å². The number of esters is 2. The van der Waals surface area contributed by atoms with Crippen molar-refractivity contribution in [2.24, 2.45) is 0 Å². The van der Waals surface area contributed by atoms with Gasteiger partial charge in [0.25, 0.3) is 0 Å². The zero-order valence-corrected chi connectivity index (χ0v) is 13.5. The van der Waals surface area contributed by atoms with E-state index in [1.807, 2.05) is 0 Å². The molecule has 0 heterocycles. The van der Waals surface area contributed by atoms with Crippen LogP contribution in [-0.4, -0.2) is 22.2 Å². The van der Waals surface area contributed by atoms with Gasteiger partial charge >= 0.3 is 11.9 Å². The molecular weight excluding hydrogens is 336 g/mol. The summed E-state index contributed by atoms with van der Waals surface area (Å²) < 4.78 is 10.6. The van der Waals surface area contributed by atoms with Gasteiger partial charge in [-0.3, -0.25) is 0 Å². The molecule has 0 unspecified atom stereocenters. The molecule has 0 atom stereocenters. The summed E-state index contributed by atoms with van der Waals surface area (Å²) in [5, 5.41) is 18.5. The molecule has 0 bridgehead atoms. The molecule has 130 valence electrons. The zero-order chi connectivity index (χ0) is 18.5. The highest BCUT2D eigenvalue weighted by Crippen LogP contribution is 2.28. The second-order valence-electron chi connectivity index (χ2n) is 5.32. The van der Waals surface area contributed by atoms with Crippen molar-refractivity contribution >= 4 is 11.9 Å². The SMILES string of the molecule is O=C(Oc1ccccc1OC(=O)c1ccc(O)cc1)c1ccc(O)cc1. The lowest BCUT2D eigenvalue weighted by atomic mass is 10.2. The monoisotopic (exact) mass is 350 g/mol. The summed E-state index contributed by atoms with van der Waals surface area (Å²) in [4.78, 5) is 24.4. The number of carbonyl (C=O) groups excluding carboxylic acids is 2. The second-order valence-corrected chi connectivity index (χ2v) is 5.32. The fourth-order valence-corrected chi connectivity index (χ4v) is 2.13. The summed E-state index contributed by atoms with van der Waals surface area (Å²) in [5.74, 6) is -1.08. The lowest BCUT2D eigenvalue weighted by Gasteiger charge is -2.10. The second kappa shape index (κ2) is 7.40. The van der Waals surface area contributed by atoms with Gasteiger partial charge in [0.2, 0.25) is 0 Å². The molecule has 0 saturated heterocycles. The fraction of sp³-hybridized carbons (Fsp3) is 0. The zero-order valence-electron chi connectivity index (χ0n) is 13.5. The van der Waals surface area contributed by atoms with Crippen LogP contribution in [0, 0.1) is 0 Å². The van der Waals surface area contributed by atoms with Gasteiger partial charge in [0, 0.05) is 0 Å². The van der Waals surface area contributed by atoms with Crippen molar-refractivity contribution in [3.63, 3.8) is 0 Å². The molecule has 0 amide bonds. The number of rotatable bonds is 4. The van der Waals surface area contributed by atoms with E-state index in [0.29, 0.717) is 0 Å². The summed E-state index contributed by atoms with van der Waals surface area (Å²) in [6.07, 6.45) is 0. The van der Waals surface area contributed by atoms with Gasteiger partial charge in [-0.1, -0.05) is 12.1 Å². The summed E-state index contributed by atoms with van der Waals surface area (Å²) in [6.45, 7) is 0. The first-order chi connectivity index (χ1) is 12.5. The van der Waals surface area contributed by atoms with E-state index >= 15 is 0 Å². The molecule has 0 radical (unpaired) electrons. The summed E-state index contributed by atoms with van der Waals surface area (Å²) in [5.41, 5.74) is 0.477. The third-order valence-electron chi connectivity index (χ3n) is 3.46. The molecule has 6 heteroatoms. The van der Waals surface area contributed by atoms with Gasteiger partial charge in [-0.15, -0.1) is 0 Å². The summed E-state index contributed by atoms with van der Waals surface area (Å²) in [7, 11) is 0. The van der Waals surface area contributed by atoms with Crippen LogP contribution < -0.4 is 9.47 Å². The Hall–Kier alpha value is -3.80. The van der Waals surface area contributed by atoms with Crippen molar-refractivity contribution in [3.05, 3.63) is 83.9 Å². The Balaban J connectivity index is 1.77. The lowest BCUT2D eigenvalue weighted by Crippen LogP contribution is -2.12. The molecule has 26 heavy (non-hydrogen) atoms. The molecule has 0 spiro atoms. The molecule has 2 N–H and O–H groups in total. The van der Waals surface area contributed by atoms with Crippen LogP contribution in [0.3, 0.4) is 0 Å². The number of para-hydroxylation sites is 2. The van der Waals surface area contributed by atoms with Crippen LogP contribution in [-0.2, 0) is 0 Å². The Morgan fingerprint density at radius 3 is 1.27 bits per heavy atom. The van der Waals surface area contributed by atoms with Crippen LogP contribution in [0.2, 0.25) is 0 Å². The van der Waals surface area contributed by atoms with Crippen molar-refractivity contribution in [3.8, 4) is 23.0 Å². The van der Waals surface area contributed by atoms with Crippen molar-refractivity contribution in [2.75, 3.05) is 0 Å². The minimum Gasteiger partial charge on any atom is -0.508 e. The van der Waals surface area contributed by atoms with Gasteiger partial charge in [0.15, 0.2) is 11.5 Å². The molecule has 0 aliphatic carbocycles. The first-order valence-electron chi connectivity index (χ1n) is 7.64. The van der Waals surface area contributed by atoms with Gasteiger partial charge in [-0.25, -0.2) is 9.59 Å². The number of phenols is 2. The number of ether oxygens (including phenoxy) is 2. The van der Waals surface area contributed by atoms with Crippen molar-refractivity contribution in [2.45, 2.75) is 0 Å². The van der Waals surface area contributed by atoms with Gasteiger partial charge in [-0.05, 0) is 60.7 Å². The van der Waals surface area contributed by atoms with E-state index in [0.717, 1.165) is 0 Å². The first-order valence-corrected chi connectivity index (χ1v) is 7.64. The highest BCUT2D eigenvalue weighted by molar-refractivity contribution is 5.93. The first kappa shape index (κ1) is 17.0. The van der Waals surface area contributed by atoms with E-state index in [9.17, 15) is 19.8 Å². The van der Waals surface area contributed by atoms with Gasteiger partial charge in [0.05, 0.1) is 11.1 Å². The van der Waals surface area contributed by atoms with Crippen molar-refractivity contribution in [1.29, 1.82) is 0 Å². The summed E-state index contributed by atoms with van der Waals surface area (Å²) in [6, 6.07) is 17.4. The van der Waals surface area contributed by atoms with E-state index in [2.05, 4.69) is 0 Å². The van der Waals surface area contributed by atoms with Gasteiger partial charge < -0.3 is 19.7 Å². The van der Waals surface area contributed by atoms with E-state index < -0.39 is 11.9 Å². The lowest BCUT2D eigenvalue weighted by molar-refractivity contribution is 0.0682. The molecule has 0 aliphatic heterocycles. The number of aromatic hydroxyl groups is 2. The molecule has 3 aromatic rings. The molecule has 0 fully saturated rings. The van der Waals surface area contributed by atoms with E-state index in [-0.39, 0.29) is 34.1 Å². The molecule has 0 aliphatic rings. The third-order valence-corrected chi connectivity index (χ3v) is 3.46. The topological polar surface area (TPSA) is 93.1 Å². The average molecular weight is 350 g/mol. The van der Waals surface area contributed by atoms with Crippen molar-refractivity contribution < 1.29 is 29.3 Å². The number of carbonyl (C=O) groups is 2. The number of hydrogen-bond acceptors (Lipinski definition) is 6. The minimum absolute atomic E-state index is 0.0322. The Morgan fingerprint density at radius 2 is 0.923 bits per heavy atom. The molecule has 3 rings (SSSR count). The molecular formula is C20H14O6. The fourth-order valence-electron chi connectivity index (χ4n) is 2.13. The number of phenolic OH excluding ortho intramolecular Hbond substituents is 2. The normalized spacial score (nSPS) is 10.2. The van der Waals surface area contributed by atoms with E-state index in [1.54, 1.807) is 12.1 Å². The molecule has 0 saturated carbocycles. The van der Waals surface area contributed by atoms with Crippen LogP contribution in [0.5, 0.6) is 23.0 Å². The number of benzene rings is 3. The van der Waals surface area contributed by atoms with Crippen LogP contribution >= 0.6 is 0 Å². The van der Waals surface area contributed by atoms with Crippen LogP contribution in [0.15, 0.2) is 72.8 Å². The Morgan fingerprint density at radius 1 is 0.577 bits per heavy atom. The van der Waals surface area contributed by atoms with E-state index in [4.69, 9.17) is 9.47 Å². The maximum atomic E-state index is 12.2. The predicted octanol–water partition coefficient (Wildman–Crippen LogP) is 3.54. The van der Waals surface area contributed by atoms with Gasteiger partial charge in [-0.2, -0.15) is 0 Å². The molecule has 0 aromatic heterocycles. The smallest absolute Gasteiger partial charge is 0.343 e. The average Bonchev–Trinajstić information content (AvgIpc) is 2.64. The van der Waals surface area contributed by atoms with E-state index in [1.165, 1.54) is 60.7 Å². The standard InChI is InChI=1S/C20H14O6/c21-15-9-5-13(6-10-15)19(23)25-17-3-1-2-4-18(17)26-20(24)14-7-11-16(22)12-8-14/h1-12,21-22H. The minimum atomic E-state index is -0.655. The molecule has 6 nitrogen and oxygen atoms in total. The van der Waals surface area contributed by atoms with Crippen LogP contribution in [0.25, 0.3) is 0 Å². The van der Waals surface area contributed by atoms with Gasteiger partial charge in [0.1, 0.15) is 11.5 Å². The Bertz CT molecular complexity index is 851. The maximum Gasteiger partial charge on any atom is 0.343 e. The quantitative estimate of drug-likeness (QED) is 0.552. The highest BCUT2D eigenvalue weighted by Gasteiger charge is 2.16. The largest absolute Gasteiger partial charge is 0.508 e. The summed E-state index contributed by atoms with van der Waals surface area (Å²) >= 11 is 0. The third kappa shape index (κ3) is 3.99. The Kier molecular flexibility index (Phi) is 4.85. The Labute approximate surface area is 148 Å². The highest BCUT2D eigenvalue weighted by atomic mass is 16.6. The molecule has 3 aromatic carbocycles. The maximum absolute atomic E-state index is 12.2. The number of hydrogen-bond donors (Lipinski definition) is 2.